The summed E-state index contributed by atoms with van der Waals surface area (Å²) in [7, 11) is 0. The number of alkyl halides is 3. The van der Waals surface area contributed by atoms with Crippen molar-refractivity contribution in [3.8, 4) is 0 Å². The molecule has 0 aliphatic carbocycles. The summed E-state index contributed by atoms with van der Waals surface area (Å²) in [4.78, 5) is 2.40. The van der Waals surface area contributed by atoms with E-state index < -0.39 is 12.3 Å². The largest absolute Gasteiger partial charge is 0.414 e. The number of halogens is 3. The van der Waals surface area contributed by atoms with Gasteiger partial charge in [-0.15, -0.1) is 0 Å². The number of hydrogen-bond acceptors (Lipinski definition) is 3. The van der Waals surface area contributed by atoms with Crippen molar-refractivity contribution < 1.29 is 18.3 Å². The van der Waals surface area contributed by atoms with E-state index in [1.807, 2.05) is 0 Å². The Hall–Kier alpha value is -0.330. The molecule has 0 aromatic rings. The van der Waals surface area contributed by atoms with Crippen LogP contribution >= 0.6 is 0 Å². The number of nitrogens with one attached hydrogen (secondary N) is 1. The van der Waals surface area contributed by atoms with Gasteiger partial charge in [0.05, 0.1) is 0 Å². The Labute approximate surface area is 118 Å². The molecule has 118 valence electrons. The molecule has 0 bridgehead atoms. The van der Waals surface area contributed by atoms with E-state index in [1.54, 1.807) is 0 Å². The molecule has 6 heteroatoms. The molecule has 0 spiro atoms. The van der Waals surface area contributed by atoms with Crippen LogP contribution in [0.4, 0.5) is 13.2 Å². The summed E-state index contributed by atoms with van der Waals surface area (Å²) in [5.74, 6) is 0.539. The maximum absolute atomic E-state index is 12.4. The lowest BCUT2D eigenvalue weighted by atomic mass is 9.92. The molecule has 0 aromatic heterocycles. The number of rotatable bonds is 4. The highest BCUT2D eigenvalue weighted by atomic mass is 19.4. The summed E-state index contributed by atoms with van der Waals surface area (Å²) < 4.78 is 37.1. The van der Waals surface area contributed by atoms with Gasteiger partial charge in [0.1, 0.15) is 6.10 Å². The predicted molar refractivity (Wildman–Crippen MR) is 71.5 cm³/mol. The summed E-state index contributed by atoms with van der Waals surface area (Å²) in [6.45, 7) is 5.17. The van der Waals surface area contributed by atoms with Gasteiger partial charge < -0.3 is 10.4 Å². The van der Waals surface area contributed by atoms with Gasteiger partial charge in [-0.25, -0.2) is 0 Å². The van der Waals surface area contributed by atoms with E-state index in [9.17, 15) is 13.2 Å². The Kier molecular flexibility index (Phi) is 5.31. The van der Waals surface area contributed by atoms with E-state index in [0.717, 1.165) is 38.9 Å². The Morgan fingerprint density at radius 1 is 1.35 bits per heavy atom. The first-order chi connectivity index (χ1) is 9.39. The van der Waals surface area contributed by atoms with E-state index >= 15 is 0 Å². The van der Waals surface area contributed by atoms with Gasteiger partial charge in [-0.1, -0.05) is 6.92 Å². The fourth-order valence-electron chi connectivity index (χ4n) is 3.61. The minimum absolute atomic E-state index is 0.177. The van der Waals surface area contributed by atoms with Crippen LogP contribution in [-0.2, 0) is 0 Å². The summed E-state index contributed by atoms with van der Waals surface area (Å²) >= 11 is 0. The van der Waals surface area contributed by atoms with Gasteiger partial charge in [0.15, 0.2) is 0 Å². The molecule has 2 fully saturated rings. The lowest BCUT2D eigenvalue weighted by Crippen LogP contribution is -2.50. The van der Waals surface area contributed by atoms with E-state index in [0.29, 0.717) is 18.4 Å². The van der Waals surface area contributed by atoms with Crippen LogP contribution in [0.15, 0.2) is 0 Å². The second-order valence-electron chi connectivity index (χ2n) is 6.21. The van der Waals surface area contributed by atoms with Gasteiger partial charge >= 0.3 is 6.18 Å². The molecule has 2 aliphatic heterocycles. The molecular formula is C14H25F3N2O. The first-order valence-corrected chi connectivity index (χ1v) is 7.61. The van der Waals surface area contributed by atoms with Crippen molar-refractivity contribution in [2.45, 2.75) is 63.4 Å². The zero-order chi connectivity index (χ0) is 14.8. The van der Waals surface area contributed by atoms with E-state index in [1.165, 1.54) is 0 Å². The number of piperidine rings is 1. The molecule has 3 unspecified atom stereocenters. The molecule has 20 heavy (non-hydrogen) atoms. The molecule has 2 heterocycles. The van der Waals surface area contributed by atoms with Crippen LogP contribution < -0.4 is 5.32 Å². The SMILES string of the molecule is CC1CNCCC1N1CCC[C@H]1CCC(O)C(F)(F)F. The minimum Gasteiger partial charge on any atom is -0.384 e. The second kappa shape index (κ2) is 6.62. The normalized spacial score (nSPS) is 34.4. The summed E-state index contributed by atoms with van der Waals surface area (Å²) in [5, 5.41) is 12.5. The summed E-state index contributed by atoms with van der Waals surface area (Å²) in [6.07, 6.45) is -3.30. The molecule has 0 amide bonds. The van der Waals surface area contributed by atoms with E-state index in [-0.39, 0.29) is 12.5 Å². The molecule has 4 atom stereocenters. The monoisotopic (exact) mass is 294 g/mol. The summed E-state index contributed by atoms with van der Waals surface area (Å²) in [5.41, 5.74) is 0. The topological polar surface area (TPSA) is 35.5 Å². The van der Waals surface area contributed by atoms with Crippen molar-refractivity contribution in [1.82, 2.24) is 10.2 Å². The van der Waals surface area contributed by atoms with Crippen LogP contribution in [0.5, 0.6) is 0 Å². The van der Waals surface area contributed by atoms with Crippen LogP contribution in [0.1, 0.15) is 39.0 Å². The third-order valence-corrected chi connectivity index (χ3v) is 4.74. The summed E-state index contributed by atoms with van der Waals surface area (Å²) in [6, 6.07) is 0.685. The van der Waals surface area contributed by atoms with Crippen LogP contribution in [0.3, 0.4) is 0 Å². The standard InChI is InChI=1S/C14H25F3N2O/c1-10-9-18-7-6-12(10)19-8-2-3-11(19)4-5-13(20)14(15,16)17/h10-13,18,20H,2-9H2,1H3/t10?,11-,12?,13?/m0/s1. The highest BCUT2D eigenvalue weighted by Crippen LogP contribution is 2.31. The van der Waals surface area contributed by atoms with Crippen LogP contribution in [-0.4, -0.2) is 54.0 Å². The quantitative estimate of drug-likeness (QED) is 0.834. The molecule has 2 saturated heterocycles. The van der Waals surface area contributed by atoms with Gasteiger partial charge in [-0.2, -0.15) is 13.2 Å². The fraction of sp³-hybridized carbons (Fsp3) is 1.00. The van der Waals surface area contributed by atoms with Gasteiger partial charge in [-0.05, 0) is 57.7 Å². The first-order valence-electron chi connectivity index (χ1n) is 7.61. The van der Waals surface area contributed by atoms with Crippen molar-refractivity contribution in [3.05, 3.63) is 0 Å². The van der Waals surface area contributed by atoms with Crippen molar-refractivity contribution in [2.24, 2.45) is 5.92 Å². The average molecular weight is 294 g/mol. The first kappa shape index (κ1) is 16.0. The predicted octanol–water partition coefficient (Wildman–Crippen LogP) is 2.15. The van der Waals surface area contributed by atoms with Gasteiger partial charge in [0, 0.05) is 12.1 Å². The van der Waals surface area contributed by atoms with Crippen molar-refractivity contribution in [3.63, 3.8) is 0 Å². The van der Waals surface area contributed by atoms with Gasteiger partial charge in [-0.3, -0.25) is 4.90 Å². The molecule has 3 nitrogen and oxygen atoms in total. The number of aliphatic hydroxyl groups is 1. The second-order valence-corrected chi connectivity index (χ2v) is 6.21. The van der Waals surface area contributed by atoms with Crippen LogP contribution in [0.25, 0.3) is 0 Å². The number of nitrogens with zero attached hydrogens (tertiary/aromatic N) is 1. The Morgan fingerprint density at radius 2 is 2.10 bits per heavy atom. The molecule has 2 N–H and O–H groups in total. The number of likely N-dealkylation sites (tertiary alicyclic amines) is 1. The highest BCUT2D eigenvalue weighted by molar-refractivity contribution is 4.90. The van der Waals surface area contributed by atoms with Crippen molar-refractivity contribution >= 4 is 0 Å². The van der Waals surface area contributed by atoms with Gasteiger partial charge in [0.25, 0.3) is 0 Å². The smallest absolute Gasteiger partial charge is 0.384 e. The molecular weight excluding hydrogens is 269 g/mol. The number of aliphatic hydroxyl groups excluding tert-OH is 1. The minimum atomic E-state index is -4.48. The molecule has 2 aliphatic rings. The molecule has 0 aromatic carbocycles. The maximum atomic E-state index is 12.4. The fourth-order valence-corrected chi connectivity index (χ4v) is 3.61. The zero-order valence-corrected chi connectivity index (χ0v) is 12.0. The zero-order valence-electron chi connectivity index (χ0n) is 12.0. The third kappa shape index (κ3) is 3.86. The molecule has 2 rings (SSSR count). The highest BCUT2D eigenvalue weighted by Gasteiger charge is 2.40. The Morgan fingerprint density at radius 3 is 2.75 bits per heavy atom. The third-order valence-electron chi connectivity index (χ3n) is 4.74. The average Bonchev–Trinajstić information content (AvgIpc) is 2.83. The van der Waals surface area contributed by atoms with Crippen molar-refractivity contribution in [2.75, 3.05) is 19.6 Å². The lowest BCUT2D eigenvalue weighted by molar-refractivity contribution is -0.206. The maximum Gasteiger partial charge on any atom is 0.414 e. The van der Waals surface area contributed by atoms with E-state index in [4.69, 9.17) is 5.11 Å². The van der Waals surface area contributed by atoms with Crippen LogP contribution in [0.2, 0.25) is 0 Å². The molecule has 0 saturated carbocycles. The van der Waals surface area contributed by atoms with E-state index in [2.05, 4.69) is 17.1 Å². The molecule has 0 radical (unpaired) electrons. The van der Waals surface area contributed by atoms with Gasteiger partial charge in [0.2, 0.25) is 0 Å². The van der Waals surface area contributed by atoms with Crippen molar-refractivity contribution in [1.29, 1.82) is 0 Å². The lowest BCUT2D eigenvalue weighted by Gasteiger charge is -2.40. The Bertz CT molecular complexity index is 311. The number of hydrogen-bond donors (Lipinski definition) is 2. The Balaban J connectivity index is 1.87. The van der Waals surface area contributed by atoms with Crippen LogP contribution in [0, 0.1) is 5.92 Å².